The van der Waals surface area contributed by atoms with Crippen molar-refractivity contribution in [2.24, 2.45) is 11.7 Å². The van der Waals surface area contributed by atoms with Gasteiger partial charge in [0.1, 0.15) is 0 Å². The summed E-state index contributed by atoms with van der Waals surface area (Å²) in [4.78, 5) is 23.6. The van der Waals surface area contributed by atoms with E-state index >= 15 is 0 Å². The summed E-state index contributed by atoms with van der Waals surface area (Å²) in [6, 6.07) is 0. The monoisotopic (exact) mass is 226 g/mol. The highest BCUT2D eigenvalue weighted by Gasteiger charge is 2.22. The molecule has 3 N–H and O–H groups in total. The standard InChI is InChI=1S/C11H18N2O3/c1-8(11(15)16)2-5-13-6-3-9(4-7-13)10(12)14/h2,9H,3-7H2,1H3,(H2,12,14)(H,15,16). The van der Waals surface area contributed by atoms with Crippen molar-refractivity contribution in [3.63, 3.8) is 0 Å². The van der Waals surface area contributed by atoms with E-state index in [4.69, 9.17) is 10.8 Å². The van der Waals surface area contributed by atoms with E-state index in [0.717, 1.165) is 25.9 Å². The molecule has 16 heavy (non-hydrogen) atoms. The third kappa shape index (κ3) is 3.66. The summed E-state index contributed by atoms with van der Waals surface area (Å²) in [5, 5.41) is 8.68. The number of rotatable bonds is 4. The summed E-state index contributed by atoms with van der Waals surface area (Å²) < 4.78 is 0. The van der Waals surface area contributed by atoms with Gasteiger partial charge >= 0.3 is 5.97 Å². The highest BCUT2D eigenvalue weighted by Crippen LogP contribution is 2.16. The summed E-state index contributed by atoms with van der Waals surface area (Å²) in [5.74, 6) is -1.12. The molecule has 1 aliphatic heterocycles. The molecule has 0 bridgehead atoms. The van der Waals surface area contributed by atoms with Gasteiger partial charge in [-0.3, -0.25) is 9.69 Å². The van der Waals surface area contributed by atoms with Crippen molar-refractivity contribution in [2.75, 3.05) is 19.6 Å². The lowest BCUT2D eigenvalue weighted by atomic mass is 9.96. The fourth-order valence-corrected chi connectivity index (χ4v) is 1.75. The van der Waals surface area contributed by atoms with Gasteiger partial charge < -0.3 is 10.8 Å². The molecule has 0 radical (unpaired) electrons. The van der Waals surface area contributed by atoms with Crippen LogP contribution in [0.4, 0.5) is 0 Å². The van der Waals surface area contributed by atoms with Gasteiger partial charge in [-0.25, -0.2) is 4.79 Å². The predicted octanol–water partition coefficient (Wildman–Crippen LogP) is 0.215. The van der Waals surface area contributed by atoms with Gasteiger partial charge in [-0.05, 0) is 32.9 Å². The molecule has 0 spiro atoms. The minimum atomic E-state index is -0.882. The van der Waals surface area contributed by atoms with Crippen LogP contribution in [-0.2, 0) is 9.59 Å². The zero-order valence-electron chi connectivity index (χ0n) is 9.48. The maximum absolute atomic E-state index is 10.9. The van der Waals surface area contributed by atoms with Crippen LogP contribution in [0.5, 0.6) is 0 Å². The highest BCUT2D eigenvalue weighted by molar-refractivity contribution is 5.85. The minimum Gasteiger partial charge on any atom is -0.478 e. The first-order valence-electron chi connectivity index (χ1n) is 5.42. The normalized spacial score (nSPS) is 19.7. The minimum absolute atomic E-state index is 0.0131. The molecule has 5 nitrogen and oxygen atoms in total. The summed E-state index contributed by atoms with van der Waals surface area (Å²) in [7, 11) is 0. The fourth-order valence-electron chi connectivity index (χ4n) is 1.75. The molecular formula is C11H18N2O3. The Morgan fingerprint density at radius 3 is 2.44 bits per heavy atom. The second-order valence-corrected chi connectivity index (χ2v) is 4.17. The van der Waals surface area contributed by atoms with Crippen molar-refractivity contribution in [1.82, 2.24) is 4.90 Å². The first-order chi connectivity index (χ1) is 7.50. The van der Waals surface area contributed by atoms with E-state index in [1.54, 1.807) is 13.0 Å². The number of piperidine rings is 1. The number of hydrogen-bond acceptors (Lipinski definition) is 3. The van der Waals surface area contributed by atoms with Crippen LogP contribution in [0.15, 0.2) is 11.6 Å². The van der Waals surface area contributed by atoms with Crippen LogP contribution in [0.25, 0.3) is 0 Å². The Balaban J connectivity index is 2.35. The lowest BCUT2D eigenvalue weighted by Crippen LogP contribution is -2.38. The van der Waals surface area contributed by atoms with Crippen LogP contribution >= 0.6 is 0 Å². The summed E-state index contributed by atoms with van der Waals surface area (Å²) in [6.45, 7) is 3.82. The van der Waals surface area contributed by atoms with Crippen LogP contribution in [0.1, 0.15) is 19.8 Å². The summed E-state index contributed by atoms with van der Waals surface area (Å²) in [6.07, 6.45) is 3.25. The number of carboxylic acid groups (broad SMARTS) is 1. The first kappa shape index (κ1) is 12.7. The predicted molar refractivity (Wildman–Crippen MR) is 59.8 cm³/mol. The number of nitrogens with zero attached hydrogens (tertiary/aromatic N) is 1. The van der Waals surface area contributed by atoms with Crippen LogP contribution in [0.3, 0.4) is 0 Å². The molecular weight excluding hydrogens is 208 g/mol. The molecule has 1 aliphatic rings. The van der Waals surface area contributed by atoms with Gasteiger partial charge in [0, 0.05) is 18.0 Å². The Labute approximate surface area is 94.9 Å². The summed E-state index contributed by atoms with van der Waals surface area (Å²) in [5.41, 5.74) is 5.59. The number of hydrogen-bond donors (Lipinski definition) is 2. The van der Waals surface area contributed by atoms with Gasteiger partial charge in [0.05, 0.1) is 0 Å². The molecule has 0 aliphatic carbocycles. The van der Waals surface area contributed by atoms with Crippen LogP contribution in [0, 0.1) is 5.92 Å². The van der Waals surface area contributed by atoms with E-state index in [-0.39, 0.29) is 11.8 Å². The largest absolute Gasteiger partial charge is 0.478 e. The molecule has 0 aromatic heterocycles. The number of likely N-dealkylation sites (tertiary alicyclic amines) is 1. The molecule has 90 valence electrons. The van der Waals surface area contributed by atoms with Gasteiger partial charge in [-0.2, -0.15) is 0 Å². The van der Waals surface area contributed by atoms with Crippen molar-refractivity contribution in [2.45, 2.75) is 19.8 Å². The van der Waals surface area contributed by atoms with Gasteiger partial charge in [0.25, 0.3) is 0 Å². The average Bonchev–Trinajstić information content (AvgIpc) is 2.26. The number of carbonyl (C=O) groups excluding carboxylic acids is 1. The lowest BCUT2D eigenvalue weighted by Gasteiger charge is -2.29. The van der Waals surface area contributed by atoms with Crippen molar-refractivity contribution in [3.8, 4) is 0 Å². The molecule has 1 amide bonds. The Bertz CT molecular complexity index is 304. The number of carbonyl (C=O) groups is 2. The molecule has 0 atom stereocenters. The van der Waals surface area contributed by atoms with Gasteiger partial charge in [-0.15, -0.1) is 0 Å². The fraction of sp³-hybridized carbons (Fsp3) is 0.636. The van der Waals surface area contributed by atoms with Gasteiger partial charge in [0.2, 0.25) is 5.91 Å². The lowest BCUT2D eigenvalue weighted by molar-refractivity contribution is -0.132. The van der Waals surface area contributed by atoms with Gasteiger partial charge in [0.15, 0.2) is 0 Å². The molecule has 1 rings (SSSR count). The molecule has 0 aromatic rings. The van der Waals surface area contributed by atoms with E-state index in [2.05, 4.69) is 4.90 Å². The molecule has 0 aromatic carbocycles. The van der Waals surface area contributed by atoms with Crippen molar-refractivity contribution in [1.29, 1.82) is 0 Å². The number of aliphatic carboxylic acids is 1. The smallest absolute Gasteiger partial charge is 0.330 e. The topological polar surface area (TPSA) is 83.6 Å². The first-order valence-corrected chi connectivity index (χ1v) is 5.42. The summed E-state index contributed by atoms with van der Waals surface area (Å²) >= 11 is 0. The van der Waals surface area contributed by atoms with E-state index < -0.39 is 5.97 Å². The Hall–Kier alpha value is -1.36. The molecule has 1 saturated heterocycles. The van der Waals surface area contributed by atoms with E-state index in [9.17, 15) is 9.59 Å². The maximum atomic E-state index is 10.9. The molecule has 0 unspecified atom stereocenters. The van der Waals surface area contributed by atoms with Crippen molar-refractivity contribution < 1.29 is 14.7 Å². The molecule has 0 saturated carbocycles. The number of primary amides is 1. The van der Waals surface area contributed by atoms with Crippen LogP contribution in [0.2, 0.25) is 0 Å². The Kier molecular flexibility index (Phi) is 4.49. The number of carboxylic acids is 1. The second kappa shape index (κ2) is 5.65. The molecule has 5 heteroatoms. The zero-order valence-corrected chi connectivity index (χ0v) is 9.48. The van der Waals surface area contributed by atoms with Crippen molar-refractivity contribution in [3.05, 3.63) is 11.6 Å². The SMILES string of the molecule is CC(=CCN1CCC(C(N)=O)CC1)C(=O)O. The van der Waals surface area contributed by atoms with Crippen LogP contribution in [-0.4, -0.2) is 41.5 Å². The Morgan fingerprint density at radius 1 is 1.44 bits per heavy atom. The zero-order chi connectivity index (χ0) is 12.1. The maximum Gasteiger partial charge on any atom is 0.330 e. The third-order valence-corrected chi connectivity index (χ3v) is 2.98. The number of nitrogens with two attached hydrogens (primary N) is 1. The second-order valence-electron chi connectivity index (χ2n) is 4.17. The quantitative estimate of drug-likeness (QED) is 0.671. The van der Waals surface area contributed by atoms with E-state index in [1.165, 1.54) is 0 Å². The van der Waals surface area contributed by atoms with E-state index in [0.29, 0.717) is 12.1 Å². The molecule has 1 heterocycles. The van der Waals surface area contributed by atoms with Crippen molar-refractivity contribution >= 4 is 11.9 Å². The average molecular weight is 226 g/mol. The van der Waals surface area contributed by atoms with Crippen LogP contribution < -0.4 is 5.73 Å². The Morgan fingerprint density at radius 2 is 2.00 bits per heavy atom. The molecule has 1 fully saturated rings. The van der Waals surface area contributed by atoms with Gasteiger partial charge in [-0.1, -0.05) is 6.08 Å². The highest BCUT2D eigenvalue weighted by atomic mass is 16.4. The number of amides is 1. The third-order valence-electron chi connectivity index (χ3n) is 2.98. The van der Waals surface area contributed by atoms with E-state index in [1.807, 2.05) is 0 Å².